The molecule has 19 heavy (non-hydrogen) atoms. The first-order valence-electron chi connectivity index (χ1n) is 5.72. The Morgan fingerprint density at radius 2 is 1.74 bits per heavy atom. The van der Waals surface area contributed by atoms with Gasteiger partial charge in [0.05, 0.1) is 21.4 Å². The Kier molecular flexibility index (Phi) is 4.39. The van der Waals surface area contributed by atoms with E-state index in [9.17, 15) is 13.0 Å². The maximum atomic E-state index is 13.5. The van der Waals surface area contributed by atoms with Crippen LogP contribution in [0.25, 0.3) is 0 Å². The molecule has 0 aromatic heterocycles. The molecule has 0 aliphatic heterocycles. The van der Waals surface area contributed by atoms with Gasteiger partial charge in [-0.3, -0.25) is 4.21 Å². The Morgan fingerprint density at radius 1 is 1.05 bits per heavy atom. The molecule has 100 valence electrons. The van der Waals surface area contributed by atoms with Crippen molar-refractivity contribution in [3.05, 3.63) is 65.2 Å². The summed E-state index contributed by atoms with van der Waals surface area (Å²) in [7, 11) is -1.64. The average molecular weight is 281 g/mol. The first-order valence-corrected chi connectivity index (χ1v) is 7.04. The van der Waals surface area contributed by atoms with Gasteiger partial charge in [-0.1, -0.05) is 24.3 Å². The molecule has 2 aromatic carbocycles. The molecular formula is C14H13F2NOS. The Labute approximate surface area is 112 Å². The highest BCUT2D eigenvalue weighted by molar-refractivity contribution is 7.84. The van der Waals surface area contributed by atoms with Gasteiger partial charge in [-0.25, -0.2) is 8.78 Å². The third kappa shape index (κ3) is 3.24. The molecule has 2 N–H and O–H groups in total. The maximum absolute atomic E-state index is 13.5. The minimum atomic E-state index is -1.64. The zero-order valence-electron chi connectivity index (χ0n) is 10.1. The molecule has 2 aromatic rings. The van der Waals surface area contributed by atoms with Crippen molar-refractivity contribution in [2.75, 3.05) is 0 Å². The third-order valence-electron chi connectivity index (χ3n) is 2.76. The van der Waals surface area contributed by atoms with Crippen LogP contribution in [0.3, 0.4) is 0 Å². The number of benzene rings is 2. The van der Waals surface area contributed by atoms with Crippen molar-refractivity contribution in [3.8, 4) is 0 Å². The fourth-order valence-corrected chi connectivity index (χ4v) is 3.02. The summed E-state index contributed by atoms with van der Waals surface area (Å²) in [6, 6.07) is 10.2. The van der Waals surface area contributed by atoms with Crippen molar-refractivity contribution in [1.29, 1.82) is 0 Å². The molecule has 5 heteroatoms. The van der Waals surface area contributed by atoms with Crippen molar-refractivity contribution in [2.45, 2.75) is 17.2 Å². The molecule has 0 radical (unpaired) electrons. The number of hydrogen-bond donors (Lipinski definition) is 1. The fraction of sp³-hybridized carbons (Fsp3) is 0.143. The van der Waals surface area contributed by atoms with E-state index >= 15 is 0 Å². The van der Waals surface area contributed by atoms with Gasteiger partial charge in [0, 0.05) is 6.54 Å². The highest BCUT2D eigenvalue weighted by Crippen LogP contribution is 2.19. The first kappa shape index (κ1) is 13.8. The molecule has 2 nitrogen and oxygen atoms in total. The van der Waals surface area contributed by atoms with Gasteiger partial charge < -0.3 is 5.73 Å². The van der Waals surface area contributed by atoms with Crippen LogP contribution in [0, 0.1) is 11.6 Å². The number of rotatable bonds is 4. The lowest BCUT2D eigenvalue weighted by Crippen LogP contribution is -2.05. The molecule has 1 unspecified atom stereocenters. The molecule has 0 aliphatic carbocycles. The van der Waals surface area contributed by atoms with Crippen LogP contribution in [0.2, 0.25) is 0 Å². The predicted octanol–water partition coefficient (Wildman–Crippen LogP) is 2.73. The monoisotopic (exact) mass is 281 g/mol. The molecule has 2 rings (SSSR count). The molecule has 1 atom stereocenters. The summed E-state index contributed by atoms with van der Waals surface area (Å²) in [5.74, 6) is -1.14. The first-order chi connectivity index (χ1) is 9.11. The van der Waals surface area contributed by atoms with Gasteiger partial charge in [0.1, 0.15) is 11.6 Å². The summed E-state index contributed by atoms with van der Waals surface area (Å²) >= 11 is 0. The van der Waals surface area contributed by atoms with Crippen molar-refractivity contribution >= 4 is 10.8 Å². The van der Waals surface area contributed by atoms with Crippen molar-refractivity contribution in [1.82, 2.24) is 0 Å². The van der Waals surface area contributed by atoms with Crippen LogP contribution in [0.5, 0.6) is 0 Å². The predicted molar refractivity (Wildman–Crippen MR) is 70.8 cm³/mol. The number of hydrogen-bond acceptors (Lipinski definition) is 2. The summed E-state index contributed by atoms with van der Waals surface area (Å²) in [6.07, 6.45) is 0. The van der Waals surface area contributed by atoms with Crippen LogP contribution in [-0.4, -0.2) is 4.21 Å². The van der Waals surface area contributed by atoms with Gasteiger partial charge in [0.2, 0.25) is 0 Å². The second-order valence-corrected chi connectivity index (χ2v) is 5.46. The molecule has 0 saturated carbocycles. The molecule has 0 saturated heterocycles. The van der Waals surface area contributed by atoms with Gasteiger partial charge in [-0.05, 0) is 29.3 Å². The maximum Gasteiger partial charge on any atom is 0.139 e. The fourth-order valence-electron chi connectivity index (χ4n) is 1.77. The minimum Gasteiger partial charge on any atom is -0.326 e. The summed E-state index contributed by atoms with van der Waals surface area (Å²) in [5.41, 5.74) is 7.22. The average Bonchev–Trinajstić information content (AvgIpc) is 2.42. The van der Waals surface area contributed by atoms with Crippen LogP contribution in [0.1, 0.15) is 11.1 Å². The molecule has 0 amide bonds. The molecule has 0 heterocycles. The van der Waals surface area contributed by atoms with E-state index in [1.807, 2.05) is 12.1 Å². The third-order valence-corrected chi connectivity index (χ3v) is 4.14. The van der Waals surface area contributed by atoms with Gasteiger partial charge >= 0.3 is 0 Å². The zero-order chi connectivity index (χ0) is 13.8. The summed E-state index contributed by atoms with van der Waals surface area (Å²) in [6.45, 7) is 0.318. The Hall–Kier alpha value is -1.59. The van der Waals surface area contributed by atoms with Crippen LogP contribution in [0.15, 0.2) is 47.4 Å². The van der Waals surface area contributed by atoms with E-state index < -0.39 is 22.4 Å². The highest BCUT2D eigenvalue weighted by atomic mass is 32.2. The molecule has 0 bridgehead atoms. The number of nitrogens with two attached hydrogens (primary N) is 1. The van der Waals surface area contributed by atoms with Gasteiger partial charge in [-0.2, -0.15) is 0 Å². The Bertz CT molecular complexity index is 616. The molecule has 0 aliphatic rings. The van der Waals surface area contributed by atoms with E-state index in [4.69, 9.17) is 5.73 Å². The van der Waals surface area contributed by atoms with Crippen LogP contribution in [0.4, 0.5) is 8.78 Å². The lowest BCUT2D eigenvalue weighted by molar-refractivity contribution is 0.572. The van der Waals surface area contributed by atoms with Crippen molar-refractivity contribution in [2.24, 2.45) is 5.73 Å². The Morgan fingerprint density at radius 3 is 2.42 bits per heavy atom. The molecule has 0 fully saturated rings. The summed E-state index contributed by atoms with van der Waals surface area (Å²) < 4.78 is 38.7. The SMILES string of the molecule is NCc1ccccc1CS(=O)c1cc(F)ccc1F. The van der Waals surface area contributed by atoms with Crippen LogP contribution in [-0.2, 0) is 23.1 Å². The standard InChI is InChI=1S/C14H13F2NOS/c15-12-5-6-13(16)14(7-12)19(18)9-11-4-2-1-3-10(11)8-17/h1-7H,8-9,17H2. The zero-order valence-corrected chi connectivity index (χ0v) is 10.9. The van der Waals surface area contributed by atoms with Crippen molar-refractivity contribution in [3.63, 3.8) is 0 Å². The summed E-state index contributed by atoms with van der Waals surface area (Å²) in [4.78, 5) is -0.119. The molecule has 0 spiro atoms. The van der Waals surface area contributed by atoms with E-state index in [-0.39, 0.29) is 10.6 Å². The van der Waals surface area contributed by atoms with E-state index in [1.54, 1.807) is 12.1 Å². The lowest BCUT2D eigenvalue weighted by atomic mass is 10.1. The summed E-state index contributed by atoms with van der Waals surface area (Å²) in [5, 5.41) is 0. The van der Waals surface area contributed by atoms with E-state index in [1.165, 1.54) is 0 Å². The highest BCUT2D eigenvalue weighted by Gasteiger charge is 2.13. The van der Waals surface area contributed by atoms with Gasteiger partial charge in [-0.15, -0.1) is 0 Å². The smallest absolute Gasteiger partial charge is 0.139 e. The lowest BCUT2D eigenvalue weighted by Gasteiger charge is -2.08. The quantitative estimate of drug-likeness (QED) is 0.936. The van der Waals surface area contributed by atoms with Crippen molar-refractivity contribution < 1.29 is 13.0 Å². The topological polar surface area (TPSA) is 43.1 Å². The largest absolute Gasteiger partial charge is 0.326 e. The minimum absolute atomic E-state index is 0.119. The normalized spacial score (nSPS) is 12.4. The second-order valence-electron chi connectivity index (χ2n) is 4.04. The second kappa shape index (κ2) is 6.04. The van der Waals surface area contributed by atoms with Crippen LogP contribution < -0.4 is 5.73 Å². The van der Waals surface area contributed by atoms with E-state index in [0.717, 1.165) is 29.3 Å². The van der Waals surface area contributed by atoms with Gasteiger partial charge in [0.25, 0.3) is 0 Å². The van der Waals surface area contributed by atoms with Gasteiger partial charge in [0.15, 0.2) is 0 Å². The Balaban J connectivity index is 2.28. The van der Waals surface area contributed by atoms with E-state index in [0.29, 0.717) is 6.54 Å². The van der Waals surface area contributed by atoms with E-state index in [2.05, 4.69) is 0 Å². The molecular weight excluding hydrogens is 268 g/mol. The van der Waals surface area contributed by atoms with Crippen LogP contribution >= 0.6 is 0 Å². The number of halogens is 2.